The molecule has 22 heavy (non-hydrogen) atoms. The van der Waals surface area contributed by atoms with Gasteiger partial charge >= 0.3 is 12.3 Å². The van der Waals surface area contributed by atoms with E-state index in [-0.39, 0.29) is 18.1 Å². The van der Waals surface area contributed by atoms with Gasteiger partial charge in [0.1, 0.15) is 11.8 Å². The van der Waals surface area contributed by atoms with Gasteiger partial charge in [-0.25, -0.2) is 4.79 Å². The number of carboxylic acid groups (broad SMARTS) is 1. The minimum absolute atomic E-state index is 0.0594. The van der Waals surface area contributed by atoms with E-state index in [0.29, 0.717) is 24.9 Å². The summed E-state index contributed by atoms with van der Waals surface area (Å²) >= 11 is 0. The summed E-state index contributed by atoms with van der Waals surface area (Å²) in [5.74, 6) is -1.76. The van der Waals surface area contributed by atoms with Crippen LogP contribution in [-0.4, -0.2) is 40.8 Å². The zero-order valence-corrected chi connectivity index (χ0v) is 11.5. The van der Waals surface area contributed by atoms with E-state index in [9.17, 15) is 22.8 Å². The molecular weight excluding hydrogens is 303 g/mol. The molecule has 0 saturated carbocycles. The Labute approximate surface area is 124 Å². The van der Waals surface area contributed by atoms with Gasteiger partial charge in [0.25, 0.3) is 0 Å². The fourth-order valence-corrected chi connectivity index (χ4v) is 2.41. The Morgan fingerprint density at radius 1 is 1.27 bits per heavy atom. The molecule has 5 nitrogen and oxygen atoms in total. The maximum Gasteiger partial charge on any atom is 0.573 e. The molecule has 1 aromatic carbocycles. The summed E-state index contributed by atoms with van der Waals surface area (Å²) in [6.45, 7) is 0.380. The molecule has 120 valence electrons. The van der Waals surface area contributed by atoms with Crippen LogP contribution in [0.4, 0.5) is 13.2 Å². The summed E-state index contributed by atoms with van der Waals surface area (Å²) in [4.78, 5) is 24.4. The number of hydrogen-bond acceptors (Lipinski definition) is 3. The summed E-state index contributed by atoms with van der Waals surface area (Å²) in [5, 5.41) is 9.03. The van der Waals surface area contributed by atoms with Crippen LogP contribution in [0.5, 0.6) is 5.75 Å². The first kappa shape index (κ1) is 16.1. The molecule has 1 amide bonds. The largest absolute Gasteiger partial charge is 0.573 e. The van der Waals surface area contributed by atoms with Crippen molar-refractivity contribution in [2.24, 2.45) is 0 Å². The van der Waals surface area contributed by atoms with Crippen LogP contribution in [0.2, 0.25) is 0 Å². The Balaban J connectivity index is 1.98. The second-order valence-corrected chi connectivity index (χ2v) is 4.95. The van der Waals surface area contributed by atoms with Gasteiger partial charge in [-0.3, -0.25) is 4.79 Å². The van der Waals surface area contributed by atoms with Crippen LogP contribution >= 0.6 is 0 Å². The van der Waals surface area contributed by atoms with Gasteiger partial charge in [-0.15, -0.1) is 13.2 Å². The number of ether oxygens (including phenoxy) is 1. The van der Waals surface area contributed by atoms with E-state index in [4.69, 9.17) is 5.11 Å². The lowest BCUT2D eigenvalue weighted by molar-refractivity contribution is -0.274. The molecular formula is C14H14F3NO4. The third-order valence-electron chi connectivity index (χ3n) is 3.37. The van der Waals surface area contributed by atoms with Crippen LogP contribution in [0.3, 0.4) is 0 Å². The van der Waals surface area contributed by atoms with Crippen LogP contribution in [0.15, 0.2) is 24.3 Å². The highest BCUT2D eigenvalue weighted by Crippen LogP contribution is 2.23. The van der Waals surface area contributed by atoms with Gasteiger partial charge in [0, 0.05) is 6.54 Å². The van der Waals surface area contributed by atoms with E-state index in [1.807, 2.05) is 0 Å². The summed E-state index contributed by atoms with van der Waals surface area (Å²) in [6, 6.07) is 4.12. The molecule has 1 heterocycles. The first-order valence-electron chi connectivity index (χ1n) is 6.63. The lowest BCUT2D eigenvalue weighted by atomic mass is 10.1. The average molecular weight is 317 g/mol. The lowest BCUT2D eigenvalue weighted by Crippen LogP contribution is -2.41. The van der Waals surface area contributed by atoms with E-state index in [1.165, 1.54) is 17.0 Å². The van der Waals surface area contributed by atoms with Crippen molar-refractivity contribution in [1.29, 1.82) is 0 Å². The number of hydrogen-bond donors (Lipinski definition) is 1. The Hall–Kier alpha value is -2.25. The molecule has 1 aliphatic heterocycles. The van der Waals surface area contributed by atoms with E-state index in [0.717, 1.165) is 12.1 Å². The van der Waals surface area contributed by atoms with Crippen molar-refractivity contribution in [2.75, 3.05) is 6.54 Å². The van der Waals surface area contributed by atoms with E-state index in [1.54, 1.807) is 0 Å². The zero-order valence-electron chi connectivity index (χ0n) is 11.5. The standard InChI is InChI=1S/C14H14F3NO4/c15-14(16,17)22-10-5-3-9(4-6-10)8-12(19)18-7-1-2-11(18)13(20)21/h3-6,11H,1-2,7-8H2,(H,20,21). The van der Waals surface area contributed by atoms with E-state index >= 15 is 0 Å². The zero-order chi connectivity index (χ0) is 16.3. The lowest BCUT2D eigenvalue weighted by Gasteiger charge is -2.21. The molecule has 1 saturated heterocycles. The summed E-state index contributed by atoms with van der Waals surface area (Å²) in [6.07, 6.45) is -3.78. The molecule has 0 spiro atoms. The molecule has 1 aromatic rings. The average Bonchev–Trinajstić information content (AvgIpc) is 2.89. The van der Waals surface area contributed by atoms with Gasteiger partial charge < -0.3 is 14.7 Å². The van der Waals surface area contributed by atoms with Crippen molar-refractivity contribution in [3.05, 3.63) is 29.8 Å². The summed E-state index contributed by atoms with van der Waals surface area (Å²) in [5.41, 5.74) is 0.496. The molecule has 8 heteroatoms. The predicted molar refractivity (Wildman–Crippen MR) is 69.2 cm³/mol. The Bertz CT molecular complexity index is 556. The first-order valence-corrected chi connectivity index (χ1v) is 6.63. The number of carbonyl (C=O) groups is 2. The molecule has 1 fully saturated rings. The Morgan fingerprint density at radius 2 is 1.91 bits per heavy atom. The fraction of sp³-hybridized carbons (Fsp3) is 0.429. The smallest absolute Gasteiger partial charge is 0.480 e. The van der Waals surface area contributed by atoms with Crippen LogP contribution in [0.1, 0.15) is 18.4 Å². The number of rotatable bonds is 4. The van der Waals surface area contributed by atoms with Crippen LogP contribution in [0.25, 0.3) is 0 Å². The minimum atomic E-state index is -4.76. The maximum absolute atomic E-state index is 12.1. The number of halogens is 3. The third kappa shape index (κ3) is 4.12. The number of nitrogens with zero attached hydrogens (tertiary/aromatic N) is 1. The quantitative estimate of drug-likeness (QED) is 0.924. The molecule has 1 aliphatic rings. The highest BCUT2D eigenvalue weighted by Gasteiger charge is 2.34. The third-order valence-corrected chi connectivity index (χ3v) is 3.37. The molecule has 0 bridgehead atoms. The maximum atomic E-state index is 12.1. The fourth-order valence-electron chi connectivity index (χ4n) is 2.41. The van der Waals surface area contributed by atoms with E-state index < -0.39 is 18.4 Å². The van der Waals surface area contributed by atoms with Gasteiger partial charge in [0.05, 0.1) is 6.42 Å². The number of aliphatic carboxylic acids is 1. The predicted octanol–water partition coefficient (Wildman–Crippen LogP) is 2.20. The molecule has 0 radical (unpaired) electrons. The Morgan fingerprint density at radius 3 is 2.45 bits per heavy atom. The SMILES string of the molecule is O=C(O)C1CCCN1C(=O)Cc1ccc(OC(F)(F)F)cc1. The molecule has 1 unspecified atom stereocenters. The summed E-state index contributed by atoms with van der Waals surface area (Å²) < 4.78 is 39.8. The minimum Gasteiger partial charge on any atom is -0.480 e. The molecule has 2 rings (SSSR count). The number of likely N-dealkylation sites (tertiary alicyclic amines) is 1. The van der Waals surface area contributed by atoms with Crippen LogP contribution in [-0.2, 0) is 16.0 Å². The van der Waals surface area contributed by atoms with Gasteiger partial charge in [-0.2, -0.15) is 0 Å². The number of amides is 1. The van der Waals surface area contributed by atoms with Gasteiger partial charge in [0.15, 0.2) is 0 Å². The monoisotopic (exact) mass is 317 g/mol. The summed E-state index contributed by atoms with van der Waals surface area (Å²) in [7, 11) is 0. The van der Waals surface area contributed by atoms with Crippen molar-refractivity contribution < 1.29 is 32.6 Å². The Kier molecular flexibility index (Phi) is 4.58. The van der Waals surface area contributed by atoms with Crippen LogP contribution in [0, 0.1) is 0 Å². The topological polar surface area (TPSA) is 66.8 Å². The number of carboxylic acids is 1. The van der Waals surface area contributed by atoms with Gasteiger partial charge in [-0.1, -0.05) is 12.1 Å². The van der Waals surface area contributed by atoms with Gasteiger partial charge in [-0.05, 0) is 30.5 Å². The second-order valence-electron chi connectivity index (χ2n) is 4.95. The molecule has 1 atom stereocenters. The number of benzene rings is 1. The van der Waals surface area contributed by atoms with E-state index in [2.05, 4.69) is 4.74 Å². The van der Waals surface area contributed by atoms with Crippen LogP contribution < -0.4 is 4.74 Å². The molecule has 0 aliphatic carbocycles. The number of alkyl halides is 3. The van der Waals surface area contributed by atoms with Gasteiger partial charge in [0.2, 0.25) is 5.91 Å². The highest BCUT2D eigenvalue weighted by molar-refractivity contribution is 5.85. The molecule has 1 N–H and O–H groups in total. The normalized spacial score (nSPS) is 18.3. The van der Waals surface area contributed by atoms with Crippen molar-refractivity contribution in [3.8, 4) is 5.75 Å². The molecule has 0 aromatic heterocycles. The number of carbonyl (C=O) groups excluding carboxylic acids is 1. The first-order chi connectivity index (χ1) is 10.3. The van der Waals surface area contributed by atoms with Crippen molar-refractivity contribution in [1.82, 2.24) is 4.90 Å². The van der Waals surface area contributed by atoms with Crippen molar-refractivity contribution >= 4 is 11.9 Å². The van der Waals surface area contributed by atoms with Crippen molar-refractivity contribution in [3.63, 3.8) is 0 Å². The highest BCUT2D eigenvalue weighted by atomic mass is 19.4. The van der Waals surface area contributed by atoms with Crippen molar-refractivity contribution in [2.45, 2.75) is 31.7 Å². The second kappa shape index (κ2) is 6.25.